The Hall–Kier alpha value is -1.23. The first-order valence-electron chi connectivity index (χ1n) is 6.42. The monoisotopic (exact) mass is 275 g/mol. The fraction of sp³-hybridized carbons (Fsp3) is 0.571. The van der Waals surface area contributed by atoms with Crippen molar-refractivity contribution < 1.29 is 17.9 Å². The molecule has 0 aliphatic rings. The van der Waals surface area contributed by atoms with E-state index in [0.717, 1.165) is 30.4 Å². The molecule has 0 bridgehead atoms. The zero-order chi connectivity index (χ0) is 14.5. The van der Waals surface area contributed by atoms with E-state index in [0.29, 0.717) is 6.54 Å². The maximum atomic E-state index is 12.2. The van der Waals surface area contributed by atoms with E-state index in [2.05, 4.69) is 4.74 Å². The molecular formula is C14H20F3NO. The van der Waals surface area contributed by atoms with Crippen molar-refractivity contribution in [1.29, 1.82) is 0 Å². The first-order valence-corrected chi connectivity index (χ1v) is 6.42. The van der Waals surface area contributed by atoms with Gasteiger partial charge in [-0.3, -0.25) is 0 Å². The summed E-state index contributed by atoms with van der Waals surface area (Å²) >= 11 is 0. The lowest BCUT2D eigenvalue weighted by Gasteiger charge is -2.16. The van der Waals surface area contributed by atoms with Gasteiger partial charge in [-0.25, -0.2) is 0 Å². The van der Waals surface area contributed by atoms with Crippen LogP contribution in [0.4, 0.5) is 13.2 Å². The van der Waals surface area contributed by atoms with Gasteiger partial charge in [-0.1, -0.05) is 19.9 Å². The molecule has 0 saturated heterocycles. The summed E-state index contributed by atoms with van der Waals surface area (Å²) in [4.78, 5) is 0. The summed E-state index contributed by atoms with van der Waals surface area (Å²) in [6.45, 7) is 4.55. The van der Waals surface area contributed by atoms with Crippen molar-refractivity contribution in [2.24, 2.45) is 5.73 Å². The lowest BCUT2D eigenvalue weighted by Crippen LogP contribution is -2.17. The van der Waals surface area contributed by atoms with Crippen molar-refractivity contribution in [2.75, 3.05) is 6.54 Å². The molecule has 0 radical (unpaired) electrons. The number of halogens is 3. The third kappa shape index (κ3) is 5.51. The second-order valence-electron chi connectivity index (χ2n) is 4.81. The molecule has 19 heavy (non-hydrogen) atoms. The van der Waals surface area contributed by atoms with Crippen LogP contribution in [0.2, 0.25) is 0 Å². The number of benzene rings is 1. The minimum Gasteiger partial charge on any atom is -0.406 e. The Balaban J connectivity index is 2.88. The van der Waals surface area contributed by atoms with Crippen LogP contribution in [0.1, 0.15) is 43.7 Å². The van der Waals surface area contributed by atoms with Crippen molar-refractivity contribution in [3.8, 4) is 5.75 Å². The van der Waals surface area contributed by atoms with E-state index in [9.17, 15) is 13.2 Å². The standard InChI is InChI=1S/C14H20F3NO/c1-10(2)13-9-12(19-14(15,16)17)7-6-11(13)5-3-4-8-18/h6-7,9-10H,3-5,8,18H2,1-2H3. The number of alkyl halides is 3. The van der Waals surface area contributed by atoms with Gasteiger partial charge in [0, 0.05) is 0 Å². The van der Waals surface area contributed by atoms with Crippen LogP contribution < -0.4 is 10.5 Å². The maximum Gasteiger partial charge on any atom is 0.573 e. The number of hydrogen-bond donors (Lipinski definition) is 1. The molecule has 0 saturated carbocycles. The number of rotatable bonds is 6. The lowest BCUT2D eigenvalue weighted by molar-refractivity contribution is -0.274. The second kappa shape index (κ2) is 6.80. The molecule has 0 aromatic heterocycles. The average Bonchev–Trinajstić information content (AvgIpc) is 2.28. The predicted octanol–water partition coefficient (Wildman–Crippen LogP) is 3.99. The van der Waals surface area contributed by atoms with Gasteiger partial charge < -0.3 is 10.5 Å². The van der Waals surface area contributed by atoms with Gasteiger partial charge in [-0.2, -0.15) is 0 Å². The third-order valence-corrected chi connectivity index (χ3v) is 2.87. The molecule has 1 aromatic rings. The largest absolute Gasteiger partial charge is 0.573 e. The number of ether oxygens (including phenoxy) is 1. The number of nitrogens with two attached hydrogens (primary N) is 1. The Labute approximate surface area is 111 Å². The number of aryl methyl sites for hydroxylation is 1. The van der Waals surface area contributed by atoms with Gasteiger partial charge >= 0.3 is 6.36 Å². The van der Waals surface area contributed by atoms with Gasteiger partial charge in [0.05, 0.1) is 0 Å². The summed E-state index contributed by atoms with van der Waals surface area (Å²) in [5, 5.41) is 0. The van der Waals surface area contributed by atoms with Crippen molar-refractivity contribution in [1.82, 2.24) is 0 Å². The zero-order valence-corrected chi connectivity index (χ0v) is 11.3. The van der Waals surface area contributed by atoms with Crippen LogP contribution in [0, 0.1) is 0 Å². The number of hydrogen-bond acceptors (Lipinski definition) is 2. The molecule has 2 nitrogen and oxygen atoms in total. The highest BCUT2D eigenvalue weighted by atomic mass is 19.4. The van der Waals surface area contributed by atoms with Crippen molar-refractivity contribution >= 4 is 0 Å². The molecule has 2 N–H and O–H groups in total. The predicted molar refractivity (Wildman–Crippen MR) is 69.2 cm³/mol. The van der Waals surface area contributed by atoms with Crippen LogP contribution in [0.25, 0.3) is 0 Å². The fourth-order valence-corrected chi connectivity index (χ4v) is 2.00. The first kappa shape index (κ1) is 15.8. The summed E-state index contributed by atoms with van der Waals surface area (Å²) in [5.74, 6) is 0.00318. The summed E-state index contributed by atoms with van der Waals surface area (Å²) in [5.41, 5.74) is 7.41. The minimum absolute atomic E-state index is 0.154. The molecule has 0 fully saturated rings. The molecule has 0 aliphatic heterocycles. The first-order chi connectivity index (χ1) is 8.83. The van der Waals surface area contributed by atoms with Crippen LogP contribution in [0.3, 0.4) is 0 Å². The smallest absolute Gasteiger partial charge is 0.406 e. The SMILES string of the molecule is CC(C)c1cc(OC(F)(F)F)ccc1CCCCN. The molecule has 1 rings (SSSR count). The molecule has 0 amide bonds. The highest BCUT2D eigenvalue weighted by Crippen LogP contribution is 2.29. The molecule has 108 valence electrons. The lowest BCUT2D eigenvalue weighted by atomic mass is 9.94. The van der Waals surface area contributed by atoms with Crippen LogP contribution in [-0.2, 0) is 6.42 Å². The highest BCUT2D eigenvalue weighted by molar-refractivity contribution is 5.37. The van der Waals surface area contributed by atoms with Crippen molar-refractivity contribution in [3.05, 3.63) is 29.3 Å². The van der Waals surface area contributed by atoms with Gasteiger partial charge in [0.1, 0.15) is 5.75 Å². The van der Waals surface area contributed by atoms with Gasteiger partial charge in [0.2, 0.25) is 0 Å². The van der Waals surface area contributed by atoms with Gasteiger partial charge in [-0.05, 0) is 55.0 Å². The summed E-state index contributed by atoms with van der Waals surface area (Å²) in [6.07, 6.45) is -1.96. The second-order valence-corrected chi connectivity index (χ2v) is 4.81. The van der Waals surface area contributed by atoms with Gasteiger partial charge in [0.25, 0.3) is 0 Å². The van der Waals surface area contributed by atoms with Crippen LogP contribution in [0.5, 0.6) is 5.75 Å². The quantitative estimate of drug-likeness (QED) is 0.797. The van der Waals surface area contributed by atoms with E-state index in [1.807, 2.05) is 13.8 Å². The van der Waals surface area contributed by atoms with E-state index >= 15 is 0 Å². The van der Waals surface area contributed by atoms with Gasteiger partial charge in [0.15, 0.2) is 0 Å². The van der Waals surface area contributed by atoms with Crippen molar-refractivity contribution in [2.45, 2.75) is 45.4 Å². The molecular weight excluding hydrogens is 255 g/mol. The molecule has 5 heteroatoms. The average molecular weight is 275 g/mol. The zero-order valence-electron chi connectivity index (χ0n) is 11.3. The Morgan fingerprint density at radius 2 is 1.89 bits per heavy atom. The molecule has 0 unspecified atom stereocenters. The molecule has 0 atom stereocenters. The molecule has 0 aliphatic carbocycles. The normalized spacial score (nSPS) is 11.9. The van der Waals surface area contributed by atoms with Gasteiger partial charge in [-0.15, -0.1) is 13.2 Å². The maximum absolute atomic E-state index is 12.2. The molecule has 0 spiro atoms. The van der Waals surface area contributed by atoms with E-state index in [1.54, 1.807) is 6.07 Å². The van der Waals surface area contributed by atoms with Crippen LogP contribution in [0.15, 0.2) is 18.2 Å². The molecule has 1 aromatic carbocycles. The van der Waals surface area contributed by atoms with E-state index in [-0.39, 0.29) is 11.7 Å². The summed E-state index contributed by atoms with van der Waals surface area (Å²) in [7, 11) is 0. The van der Waals surface area contributed by atoms with Crippen LogP contribution >= 0.6 is 0 Å². The van der Waals surface area contributed by atoms with E-state index in [1.165, 1.54) is 12.1 Å². The topological polar surface area (TPSA) is 35.2 Å². The Kier molecular flexibility index (Phi) is 5.66. The summed E-state index contributed by atoms with van der Waals surface area (Å²) in [6, 6.07) is 4.57. The Bertz CT molecular complexity index is 402. The highest BCUT2D eigenvalue weighted by Gasteiger charge is 2.31. The Morgan fingerprint density at radius 1 is 1.21 bits per heavy atom. The fourth-order valence-electron chi connectivity index (χ4n) is 2.00. The summed E-state index contributed by atoms with van der Waals surface area (Å²) < 4.78 is 40.5. The minimum atomic E-state index is -4.64. The van der Waals surface area contributed by atoms with Crippen molar-refractivity contribution in [3.63, 3.8) is 0 Å². The van der Waals surface area contributed by atoms with E-state index < -0.39 is 6.36 Å². The molecule has 0 heterocycles. The van der Waals surface area contributed by atoms with Crippen LogP contribution in [-0.4, -0.2) is 12.9 Å². The van der Waals surface area contributed by atoms with E-state index in [4.69, 9.17) is 5.73 Å². The third-order valence-electron chi connectivity index (χ3n) is 2.87. The number of unbranched alkanes of at least 4 members (excludes halogenated alkanes) is 1. The Morgan fingerprint density at radius 3 is 2.42 bits per heavy atom.